The Kier molecular flexibility index (Phi) is 6.26. The molecule has 0 spiro atoms. The number of Topliss-reactive ketones (excluding diaryl/α,β-unsaturated/α-hetero) is 1. The van der Waals surface area contributed by atoms with Crippen LogP contribution in [0.25, 0.3) is 10.9 Å². The summed E-state index contributed by atoms with van der Waals surface area (Å²) >= 11 is 0. The number of hydrogen-bond donors (Lipinski definition) is 1. The first kappa shape index (κ1) is 20.8. The molecular formula is C22H20N2O6. The summed E-state index contributed by atoms with van der Waals surface area (Å²) in [6.45, 7) is 0.774. The van der Waals surface area contributed by atoms with Crippen molar-refractivity contribution in [3.63, 3.8) is 0 Å². The highest BCUT2D eigenvalue weighted by Crippen LogP contribution is 2.22. The molecule has 154 valence electrons. The number of nitrogens with zero attached hydrogens (tertiary/aromatic N) is 1. The Morgan fingerprint density at radius 2 is 1.80 bits per heavy atom. The van der Waals surface area contributed by atoms with E-state index in [9.17, 15) is 19.2 Å². The van der Waals surface area contributed by atoms with Gasteiger partial charge in [0.25, 0.3) is 5.91 Å². The van der Waals surface area contributed by atoms with E-state index < -0.39 is 24.5 Å². The van der Waals surface area contributed by atoms with Crippen LogP contribution in [0.15, 0.2) is 54.7 Å². The average Bonchev–Trinajstić information content (AvgIpc) is 3.10. The molecule has 8 heteroatoms. The first-order valence-corrected chi connectivity index (χ1v) is 9.11. The van der Waals surface area contributed by atoms with Crippen LogP contribution in [0.1, 0.15) is 27.6 Å². The lowest BCUT2D eigenvalue weighted by Crippen LogP contribution is -2.23. The van der Waals surface area contributed by atoms with E-state index in [0.29, 0.717) is 27.7 Å². The quantitative estimate of drug-likeness (QED) is 0.476. The van der Waals surface area contributed by atoms with Crippen molar-refractivity contribution in [3.05, 3.63) is 65.9 Å². The molecule has 1 aromatic heterocycles. The van der Waals surface area contributed by atoms with E-state index in [1.807, 2.05) is 0 Å². The van der Waals surface area contributed by atoms with Crippen molar-refractivity contribution in [3.8, 4) is 0 Å². The van der Waals surface area contributed by atoms with Gasteiger partial charge in [0.15, 0.2) is 12.4 Å². The summed E-state index contributed by atoms with van der Waals surface area (Å²) in [4.78, 5) is 47.6. The summed E-state index contributed by atoms with van der Waals surface area (Å²) in [7, 11) is 1.29. The normalized spacial score (nSPS) is 10.5. The predicted octanol–water partition coefficient (Wildman–Crippen LogP) is 2.81. The third-order valence-electron chi connectivity index (χ3n) is 4.41. The molecule has 30 heavy (non-hydrogen) atoms. The van der Waals surface area contributed by atoms with Crippen molar-refractivity contribution in [1.82, 2.24) is 4.57 Å². The molecule has 1 N–H and O–H groups in total. The van der Waals surface area contributed by atoms with Crippen molar-refractivity contribution >= 4 is 40.2 Å². The summed E-state index contributed by atoms with van der Waals surface area (Å²) in [5.74, 6) is -1.80. The number of amides is 1. The second-order valence-corrected chi connectivity index (χ2v) is 6.53. The number of aromatic nitrogens is 1. The molecule has 3 aromatic rings. The lowest BCUT2D eigenvalue weighted by Gasteiger charge is -2.08. The van der Waals surface area contributed by atoms with E-state index >= 15 is 0 Å². The van der Waals surface area contributed by atoms with Gasteiger partial charge >= 0.3 is 11.9 Å². The molecule has 2 aromatic carbocycles. The average molecular weight is 408 g/mol. The molecule has 0 fully saturated rings. The highest BCUT2D eigenvalue weighted by atomic mass is 16.5. The number of ether oxygens (including phenoxy) is 2. The minimum atomic E-state index is -0.639. The molecule has 0 saturated carbocycles. The summed E-state index contributed by atoms with van der Waals surface area (Å²) in [6.07, 6.45) is 1.52. The fraction of sp³-hybridized carbons (Fsp3) is 0.182. The van der Waals surface area contributed by atoms with Gasteiger partial charge in [0, 0.05) is 28.4 Å². The van der Waals surface area contributed by atoms with Gasteiger partial charge in [-0.05, 0) is 25.1 Å². The van der Waals surface area contributed by atoms with Crippen LogP contribution in [0, 0.1) is 0 Å². The Morgan fingerprint density at radius 1 is 1.03 bits per heavy atom. The minimum absolute atomic E-state index is 0.122. The number of esters is 2. The zero-order valence-electron chi connectivity index (χ0n) is 16.5. The molecule has 0 aliphatic heterocycles. The lowest BCUT2D eigenvalue weighted by molar-refractivity contribution is -0.147. The molecule has 8 nitrogen and oxygen atoms in total. The topological polar surface area (TPSA) is 104 Å². The van der Waals surface area contributed by atoms with E-state index in [-0.39, 0.29) is 12.3 Å². The van der Waals surface area contributed by atoms with Gasteiger partial charge in [0.2, 0.25) is 0 Å². The van der Waals surface area contributed by atoms with Crippen LogP contribution in [-0.2, 0) is 25.6 Å². The van der Waals surface area contributed by atoms with Crippen LogP contribution in [0.4, 0.5) is 5.69 Å². The Bertz CT molecular complexity index is 1130. The maximum Gasteiger partial charge on any atom is 0.340 e. The number of hydrogen-bond acceptors (Lipinski definition) is 6. The van der Waals surface area contributed by atoms with Gasteiger partial charge in [-0.2, -0.15) is 0 Å². The molecule has 0 saturated heterocycles. The molecule has 0 unspecified atom stereocenters. The molecule has 0 aliphatic rings. The third-order valence-corrected chi connectivity index (χ3v) is 4.41. The number of methoxy groups -OCH3 is 1. The van der Waals surface area contributed by atoms with Gasteiger partial charge < -0.3 is 19.4 Å². The lowest BCUT2D eigenvalue weighted by atomic mass is 10.1. The van der Waals surface area contributed by atoms with Crippen LogP contribution < -0.4 is 5.32 Å². The summed E-state index contributed by atoms with van der Waals surface area (Å²) < 4.78 is 11.4. The predicted molar refractivity (Wildman–Crippen MR) is 109 cm³/mol. The number of carbonyl (C=O) groups is 4. The maximum atomic E-state index is 12.2. The van der Waals surface area contributed by atoms with Crippen molar-refractivity contribution in [2.24, 2.45) is 0 Å². The molecular weight excluding hydrogens is 388 g/mol. The number of ketones is 1. The van der Waals surface area contributed by atoms with Crippen LogP contribution >= 0.6 is 0 Å². The Balaban J connectivity index is 1.62. The number of carbonyl (C=O) groups excluding carboxylic acids is 4. The van der Waals surface area contributed by atoms with E-state index in [2.05, 4.69) is 5.32 Å². The zero-order chi connectivity index (χ0) is 21.7. The number of rotatable bonds is 7. The molecule has 0 atom stereocenters. The van der Waals surface area contributed by atoms with Crippen LogP contribution in [0.2, 0.25) is 0 Å². The van der Waals surface area contributed by atoms with Gasteiger partial charge in [0.1, 0.15) is 6.54 Å². The Hall–Kier alpha value is -3.94. The third kappa shape index (κ3) is 4.72. The second kappa shape index (κ2) is 9.04. The molecule has 1 amide bonds. The molecule has 3 rings (SSSR count). The fourth-order valence-electron chi connectivity index (χ4n) is 2.99. The van der Waals surface area contributed by atoms with E-state index in [1.165, 1.54) is 20.2 Å². The highest BCUT2D eigenvalue weighted by molar-refractivity contribution is 6.04. The Morgan fingerprint density at radius 3 is 2.53 bits per heavy atom. The molecule has 1 heterocycles. The van der Waals surface area contributed by atoms with Crippen molar-refractivity contribution in [2.75, 3.05) is 19.0 Å². The number of anilines is 1. The van der Waals surface area contributed by atoms with Crippen LogP contribution in [0.5, 0.6) is 0 Å². The maximum absolute atomic E-state index is 12.2. The number of benzene rings is 2. The van der Waals surface area contributed by atoms with Crippen LogP contribution in [0.3, 0.4) is 0 Å². The van der Waals surface area contributed by atoms with Crippen molar-refractivity contribution < 1.29 is 28.7 Å². The smallest absolute Gasteiger partial charge is 0.340 e. The minimum Gasteiger partial charge on any atom is -0.465 e. The first-order chi connectivity index (χ1) is 14.4. The van der Waals surface area contributed by atoms with Crippen molar-refractivity contribution in [1.29, 1.82) is 0 Å². The second-order valence-electron chi connectivity index (χ2n) is 6.53. The summed E-state index contributed by atoms with van der Waals surface area (Å²) in [6, 6.07) is 13.6. The Labute approximate surface area is 172 Å². The van der Waals surface area contributed by atoms with E-state index in [1.54, 1.807) is 53.1 Å². The summed E-state index contributed by atoms with van der Waals surface area (Å²) in [5, 5.41) is 3.23. The van der Waals surface area contributed by atoms with Gasteiger partial charge in [-0.3, -0.25) is 14.4 Å². The van der Waals surface area contributed by atoms with Crippen molar-refractivity contribution in [2.45, 2.75) is 13.5 Å². The number of para-hydroxylation sites is 1. The van der Waals surface area contributed by atoms with E-state index in [0.717, 1.165) is 0 Å². The van der Waals surface area contributed by atoms with Gasteiger partial charge in [-0.15, -0.1) is 0 Å². The monoisotopic (exact) mass is 408 g/mol. The fourth-order valence-corrected chi connectivity index (χ4v) is 2.99. The highest BCUT2D eigenvalue weighted by Gasteiger charge is 2.17. The van der Waals surface area contributed by atoms with Crippen LogP contribution in [-0.4, -0.2) is 41.9 Å². The first-order valence-electron chi connectivity index (χ1n) is 9.11. The van der Waals surface area contributed by atoms with Gasteiger partial charge in [0.05, 0.1) is 12.7 Å². The van der Waals surface area contributed by atoms with Gasteiger partial charge in [-0.1, -0.05) is 30.3 Å². The molecule has 0 aliphatic carbocycles. The SMILES string of the molecule is COC(=O)c1cn(CC(=O)OCC(=O)Nc2cccc(C(C)=O)c2)c2ccccc12. The van der Waals surface area contributed by atoms with E-state index in [4.69, 9.17) is 9.47 Å². The van der Waals surface area contributed by atoms with Gasteiger partial charge in [-0.25, -0.2) is 4.79 Å². The largest absolute Gasteiger partial charge is 0.465 e. The zero-order valence-corrected chi connectivity index (χ0v) is 16.5. The molecule has 0 radical (unpaired) electrons. The summed E-state index contributed by atoms with van der Waals surface area (Å²) in [5.41, 5.74) is 1.90. The molecule has 0 bridgehead atoms. The number of fused-ring (bicyclic) bond motifs is 1. The number of nitrogens with one attached hydrogen (secondary N) is 1. The standard InChI is InChI=1S/C22H20N2O6/c1-14(25)15-6-5-7-16(10-15)23-20(26)13-30-21(27)12-24-11-18(22(28)29-2)17-8-3-4-9-19(17)24/h3-11H,12-13H2,1-2H3,(H,23,26).